The number of alkyl halides is 3. The van der Waals surface area contributed by atoms with Crippen LogP contribution < -0.4 is 10.6 Å². The SMILES string of the molecule is CC1CCCCCN1c1ccc(C(F)(F)F)cc1N. The van der Waals surface area contributed by atoms with Crippen molar-refractivity contribution in [1.82, 2.24) is 0 Å². The fourth-order valence-electron chi connectivity index (χ4n) is 2.63. The highest BCUT2D eigenvalue weighted by Crippen LogP contribution is 2.35. The van der Waals surface area contributed by atoms with Gasteiger partial charge in [0.05, 0.1) is 16.9 Å². The Kier molecular flexibility index (Phi) is 3.92. The normalized spacial score (nSPS) is 21.3. The summed E-state index contributed by atoms with van der Waals surface area (Å²) in [5, 5.41) is 0. The van der Waals surface area contributed by atoms with Crippen molar-refractivity contribution in [1.29, 1.82) is 0 Å². The van der Waals surface area contributed by atoms with Crippen LogP contribution in [0.25, 0.3) is 0 Å². The average molecular weight is 272 g/mol. The summed E-state index contributed by atoms with van der Waals surface area (Å²) in [6.45, 7) is 2.96. The van der Waals surface area contributed by atoms with Gasteiger partial charge in [-0.15, -0.1) is 0 Å². The highest BCUT2D eigenvalue weighted by Gasteiger charge is 2.31. The molecule has 1 aliphatic heterocycles. The van der Waals surface area contributed by atoms with Gasteiger partial charge in [0.1, 0.15) is 0 Å². The van der Waals surface area contributed by atoms with Gasteiger partial charge in [0.15, 0.2) is 0 Å². The van der Waals surface area contributed by atoms with Crippen molar-refractivity contribution in [2.75, 3.05) is 17.2 Å². The molecule has 2 rings (SSSR count). The summed E-state index contributed by atoms with van der Waals surface area (Å²) in [6, 6.07) is 3.97. The molecule has 0 aromatic heterocycles. The Morgan fingerprint density at radius 1 is 1.21 bits per heavy atom. The van der Waals surface area contributed by atoms with Gasteiger partial charge < -0.3 is 10.6 Å². The number of halogens is 3. The van der Waals surface area contributed by atoms with Crippen molar-refractivity contribution >= 4 is 11.4 Å². The van der Waals surface area contributed by atoms with E-state index in [0.29, 0.717) is 6.04 Å². The predicted octanol–water partition coefficient (Wildman–Crippen LogP) is 4.06. The number of anilines is 2. The van der Waals surface area contributed by atoms with Crippen LogP contribution in [0.15, 0.2) is 18.2 Å². The molecule has 0 saturated carbocycles. The van der Waals surface area contributed by atoms with E-state index in [1.807, 2.05) is 0 Å². The van der Waals surface area contributed by atoms with Gasteiger partial charge in [-0.2, -0.15) is 13.2 Å². The second-order valence-electron chi connectivity index (χ2n) is 5.16. The number of hydrogen-bond donors (Lipinski definition) is 1. The summed E-state index contributed by atoms with van der Waals surface area (Å²) in [6.07, 6.45) is 0.113. The van der Waals surface area contributed by atoms with Gasteiger partial charge in [-0.25, -0.2) is 0 Å². The van der Waals surface area contributed by atoms with E-state index in [1.165, 1.54) is 12.5 Å². The zero-order valence-electron chi connectivity index (χ0n) is 11.0. The van der Waals surface area contributed by atoms with Gasteiger partial charge in [0.25, 0.3) is 0 Å². The van der Waals surface area contributed by atoms with Crippen LogP contribution in [0.5, 0.6) is 0 Å². The lowest BCUT2D eigenvalue weighted by molar-refractivity contribution is -0.137. The molecule has 19 heavy (non-hydrogen) atoms. The molecule has 2 N–H and O–H groups in total. The van der Waals surface area contributed by atoms with Gasteiger partial charge in [-0.05, 0) is 38.0 Å². The van der Waals surface area contributed by atoms with E-state index in [4.69, 9.17) is 5.73 Å². The fourth-order valence-corrected chi connectivity index (χ4v) is 2.63. The van der Waals surface area contributed by atoms with Gasteiger partial charge >= 0.3 is 6.18 Å². The molecule has 2 nitrogen and oxygen atoms in total. The topological polar surface area (TPSA) is 29.3 Å². The number of nitrogens with zero attached hydrogens (tertiary/aromatic N) is 1. The Hall–Kier alpha value is -1.39. The summed E-state index contributed by atoms with van der Waals surface area (Å²) < 4.78 is 37.8. The molecule has 0 amide bonds. The summed E-state index contributed by atoms with van der Waals surface area (Å²) in [5.74, 6) is 0. The molecule has 0 bridgehead atoms. The Morgan fingerprint density at radius 3 is 2.58 bits per heavy atom. The minimum absolute atomic E-state index is 0.212. The molecular weight excluding hydrogens is 253 g/mol. The summed E-state index contributed by atoms with van der Waals surface area (Å²) >= 11 is 0. The van der Waals surface area contributed by atoms with Crippen LogP contribution in [-0.2, 0) is 6.18 Å². The Morgan fingerprint density at radius 2 is 1.95 bits per heavy atom. The fraction of sp³-hybridized carbons (Fsp3) is 0.571. The average Bonchev–Trinajstić information content (AvgIpc) is 2.53. The highest BCUT2D eigenvalue weighted by molar-refractivity contribution is 5.69. The maximum Gasteiger partial charge on any atom is 0.416 e. The van der Waals surface area contributed by atoms with Crippen molar-refractivity contribution < 1.29 is 13.2 Å². The van der Waals surface area contributed by atoms with Gasteiger partial charge in [0, 0.05) is 12.6 Å². The standard InChI is InChI=1S/C14H19F3N2/c1-10-5-3-2-4-8-19(10)13-7-6-11(9-12(13)18)14(15,16)17/h6-7,9-10H,2-5,8,18H2,1H3. The maximum atomic E-state index is 12.6. The first-order chi connectivity index (χ1) is 8.89. The quantitative estimate of drug-likeness (QED) is 0.781. The highest BCUT2D eigenvalue weighted by atomic mass is 19.4. The van der Waals surface area contributed by atoms with Gasteiger partial charge in [-0.1, -0.05) is 12.8 Å². The third kappa shape index (κ3) is 3.14. The number of rotatable bonds is 1. The molecule has 1 aromatic carbocycles. The molecule has 1 fully saturated rings. The Balaban J connectivity index is 2.29. The molecule has 1 saturated heterocycles. The molecule has 0 aliphatic carbocycles. The number of hydrogen-bond acceptors (Lipinski definition) is 2. The number of nitrogen functional groups attached to an aromatic ring is 1. The molecule has 1 aliphatic rings. The number of nitrogens with two attached hydrogens (primary N) is 1. The number of benzene rings is 1. The van der Waals surface area contributed by atoms with E-state index in [-0.39, 0.29) is 5.69 Å². The van der Waals surface area contributed by atoms with E-state index in [2.05, 4.69) is 11.8 Å². The molecule has 1 unspecified atom stereocenters. The van der Waals surface area contributed by atoms with Crippen LogP contribution in [0, 0.1) is 0 Å². The lowest BCUT2D eigenvalue weighted by Crippen LogP contribution is -2.33. The van der Waals surface area contributed by atoms with E-state index >= 15 is 0 Å². The third-order valence-electron chi connectivity index (χ3n) is 3.72. The molecule has 0 radical (unpaired) electrons. The molecule has 1 heterocycles. The van der Waals surface area contributed by atoms with Gasteiger partial charge in [-0.3, -0.25) is 0 Å². The van der Waals surface area contributed by atoms with E-state index in [9.17, 15) is 13.2 Å². The van der Waals surface area contributed by atoms with E-state index < -0.39 is 11.7 Å². The maximum absolute atomic E-state index is 12.6. The minimum atomic E-state index is -4.34. The van der Waals surface area contributed by atoms with Crippen LogP contribution in [0.3, 0.4) is 0 Å². The van der Waals surface area contributed by atoms with Crippen molar-refractivity contribution in [2.45, 2.75) is 44.8 Å². The smallest absolute Gasteiger partial charge is 0.397 e. The zero-order chi connectivity index (χ0) is 14.0. The monoisotopic (exact) mass is 272 g/mol. The molecule has 5 heteroatoms. The zero-order valence-corrected chi connectivity index (χ0v) is 11.0. The largest absolute Gasteiger partial charge is 0.416 e. The van der Waals surface area contributed by atoms with E-state index in [0.717, 1.165) is 43.6 Å². The first kappa shape index (κ1) is 14.0. The van der Waals surface area contributed by atoms with Crippen molar-refractivity contribution in [2.24, 2.45) is 0 Å². The molecular formula is C14H19F3N2. The third-order valence-corrected chi connectivity index (χ3v) is 3.72. The summed E-state index contributed by atoms with van der Waals surface area (Å²) in [4.78, 5) is 2.13. The van der Waals surface area contributed by atoms with Crippen molar-refractivity contribution in [3.63, 3.8) is 0 Å². The van der Waals surface area contributed by atoms with Crippen molar-refractivity contribution in [3.8, 4) is 0 Å². The lowest BCUT2D eigenvalue weighted by Gasteiger charge is -2.30. The first-order valence-electron chi connectivity index (χ1n) is 6.63. The minimum Gasteiger partial charge on any atom is -0.397 e. The van der Waals surface area contributed by atoms with Gasteiger partial charge in [0.2, 0.25) is 0 Å². The second kappa shape index (κ2) is 5.31. The lowest BCUT2D eigenvalue weighted by atomic mass is 10.1. The molecule has 0 spiro atoms. The van der Waals surface area contributed by atoms with Crippen LogP contribution in [0.1, 0.15) is 38.2 Å². The van der Waals surface area contributed by atoms with Crippen molar-refractivity contribution in [3.05, 3.63) is 23.8 Å². The summed E-state index contributed by atoms with van der Waals surface area (Å²) in [5.41, 5.74) is 6.07. The van der Waals surface area contributed by atoms with Crippen LogP contribution in [0.4, 0.5) is 24.5 Å². The Labute approximate surface area is 111 Å². The molecule has 106 valence electrons. The molecule has 1 atom stereocenters. The van der Waals surface area contributed by atoms with Crippen LogP contribution in [-0.4, -0.2) is 12.6 Å². The Bertz CT molecular complexity index is 443. The van der Waals surface area contributed by atoms with E-state index in [1.54, 1.807) is 0 Å². The predicted molar refractivity (Wildman–Crippen MR) is 71.1 cm³/mol. The second-order valence-corrected chi connectivity index (χ2v) is 5.16. The van der Waals surface area contributed by atoms with Crippen LogP contribution in [0.2, 0.25) is 0 Å². The summed E-state index contributed by atoms with van der Waals surface area (Å²) in [7, 11) is 0. The first-order valence-corrected chi connectivity index (χ1v) is 6.63. The van der Waals surface area contributed by atoms with Crippen LogP contribution >= 0.6 is 0 Å². The molecule has 1 aromatic rings.